The van der Waals surface area contributed by atoms with Crippen molar-refractivity contribution in [3.63, 3.8) is 0 Å². The van der Waals surface area contributed by atoms with Crippen molar-refractivity contribution in [3.05, 3.63) is 57.6 Å². The van der Waals surface area contributed by atoms with Crippen LogP contribution in [0, 0.1) is 0 Å². The summed E-state index contributed by atoms with van der Waals surface area (Å²) in [5, 5.41) is 20.7. The van der Waals surface area contributed by atoms with Gasteiger partial charge >= 0.3 is 5.97 Å². The SMILES string of the molecule is CCNC(=NC)Nc1cccc(C(=O)NCC(=O)Nc2c(Cl)cc(Cl)cc2CCC(=O)O)c1. The Kier molecular flexibility index (Phi) is 9.96. The Labute approximate surface area is 201 Å². The van der Waals surface area contributed by atoms with Crippen LogP contribution in [0.1, 0.15) is 29.3 Å². The van der Waals surface area contributed by atoms with E-state index in [4.69, 9.17) is 28.3 Å². The van der Waals surface area contributed by atoms with Gasteiger partial charge in [-0.1, -0.05) is 29.3 Å². The molecule has 9 nitrogen and oxygen atoms in total. The summed E-state index contributed by atoms with van der Waals surface area (Å²) in [5.74, 6) is -1.39. The van der Waals surface area contributed by atoms with E-state index >= 15 is 0 Å². The van der Waals surface area contributed by atoms with Gasteiger partial charge in [-0.15, -0.1) is 0 Å². The molecule has 5 N–H and O–H groups in total. The van der Waals surface area contributed by atoms with Crippen LogP contribution in [0.2, 0.25) is 10.0 Å². The lowest BCUT2D eigenvalue weighted by Crippen LogP contribution is -2.33. The molecule has 0 heterocycles. The van der Waals surface area contributed by atoms with E-state index in [1.807, 2.05) is 6.92 Å². The Hall–Kier alpha value is -3.30. The quantitative estimate of drug-likeness (QED) is 0.268. The number of anilines is 2. The summed E-state index contributed by atoms with van der Waals surface area (Å²) >= 11 is 12.2. The Bertz CT molecular complexity index is 1060. The summed E-state index contributed by atoms with van der Waals surface area (Å²) in [6.45, 7) is 2.31. The molecule has 0 bridgehead atoms. The van der Waals surface area contributed by atoms with E-state index in [-0.39, 0.29) is 30.1 Å². The molecule has 0 radical (unpaired) electrons. The third kappa shape index (κ3) is 8.28. The summed E-state index contributed by atoms with van der Waals surface area (Å²) in [6.07, 6.45) is -0.0216. The number of rotatable bonds is 9. The van der Waals surface area contributed by atoms with E-state index < -0.39 is 17.8 Å². The van der Waals surface area contributed by atoms with Crippen molar-refractivity contribution >= 4 is 58.3 Å². The maximum absolute atomic E-state index is 12.5. The van der Waals surface area contributed by atoms with E-state index in [9.17, 15) is 14.4 Å². The maximum atomic E-state index is 12.5. The number of halogens is 2. The number of hydrogen-bond acceptors (Lipinski definition) is 4. The van der Waals surface area contributed by atoms with Gasteiger partial charge in [-0.2, -0.15) is 0 Å². The number of benzene rings is 2. The van der Waals surface area contributed by atoms with Crippen molar-refractivity contribution in [3.8, 4) is 0 Å². The van der Waals surface area contributed by atoms with Crippen LogP contribution in [-0.4, -0.2) is 49.0 Å². The van der Waals surface area contributed by atoms with Gasteiger partial charge in [-0.05, 0) is 49.2 Å². The Morgan fingerprint density at radius 3 is 2.48 bits per heavy atom. The molecular formula is C22H25Cl2N5O4. The number of aliphatic imine (C=N–C) groups is 1. The third-order valence-electron chi connectivity index (χ3n) is 4.37. The van der Waals surface area contributed by atoms with Gasteiger partial charge in [0.2, 0.25) is 5.91 Å². The molecule has 11 heteroatoms. The highest BCUT2D eigenvalue weighted by Gasteiger charge is 2.15. The number of aryl methyl sites for hydroxylation is 1. The number of carbonyl (C=O) groups excluding carboxylic acids is 2. The molecule has 0 aliphatic carbocycles. The first kappa shape index (κ1) is 26.0. The summed E-state index contributed by atoms with van der Waals surface area (Å²) < 4.78 is 0. The Morgan fingerprint density at radius 2 is 1.82 bits per heavy atom. The fraction of sp³-hybridized carbons (Fsp3) is 0.273. The van der Waals surface area contributed by atoms with Gasteiger partial charge in [0.25, 0.3) is 5.91 Å². The first-order chi connectivity index (χ1) is 15.7. The number of carboxylic acids is 1. The average Bonchev–Trinajstić information content (AvgIpc) is 2.77. The lowest BCUT2D eigenvalue weighted by Gasteiger charge is -2.14. The monoisotopic (exact) mass is 493 g/mol. The van der Waals surface area contributed by atoms with Crippen LogP contribution in [0.15, 0.2) is 41.4 Å². The highest BCUT2D eigenvalue weighted by Crippen LogP contribution is 2.31. The first-order valence-corrected chi connectivity index (χ1v) is 10.8. The van der Waals surface area contributed by atoms with Gasteiger partial charge in [0.15, 0.2) is 5.96 Å². The predicted molar refractivity (Wildman–Crippen MR) is 130 cm³/mol. The number of nitrogens with zero attached hydrogens (tertiary/aromatic N) is 1. The minimum atomic E-state index is -0.991. The number of guanidine groups is 1. The molecule has 0 aliphatic rings. The van der Waals surface area contributed by atoms with Gasteiger partial charge in [-0.3, -0.25) is 19.4 Å². The van der Waals surface area contributed by atoms with Crippen LogP contribution in [0.5, 0.6) is 0 Å². The van der Waals surface area contributed by atoms with Crippen LogP contribution in [-0.2, 0) is 16.0 Å². The molecule has 0 aromatic heterocycles. The molecule has 0 atom stereocenters. The number of nitrogens with one attached hydrogen (secondary N) is 4. The lowest BCUT2D eigenvalue weighted by atomic mass is 10.1. The van der Waals surface area contributed by atoms with Crippen molar-refractivity contribution in [2.24, 2.45) is 4.99 Å². The van der Waals surface area contributed by atoms with Gasteiger partial charge < -0.3 is 26.4 Å². The predicted octanol–water partition coefficient (Wildman–Crippen LogP) is 3.39. The topological polar surface area (TPSA) is 132 Å². The van der Waals surface area contributed by atoms with E-state index in [1.165, 1.54) is 6.07 Å². The average molecular weight is 494 g/mol. The normalized spacial score (nSPS) is 11.0. The summed E-state index contributed by atoms with van der Waals surface area (Å²) in [4.78, 5) is 39.9. The Balaban J connectivity index is 2.02. The van der Waals surface area contributed by atoms with Crippen molar-refractivity contribution in [1.82, 2.24) is 10.6 Å². The number of hydrogen-bond donors (Lipinski definition) is 5. The molecule has 2 aromatic rings. The van der Waals surface area contributed by atoms with Gasteiger partial charge in [0, 0.05) is 36.3 Å². The smallest absolute Gasteiger partial charge is 0.303 e. The second-order valence-corrected chi connectivity index (χ2v) is 7.70. The standard InChI is InChI=1S/C22H25Cl2N5O4/c1-3-26-22(25-2)28-16-6-4-5-14(10-16)21(33)27-12-18(30)29-20-13(7-8-19(31)32)9-15(23)11-17(20)24/h4-6,9-11H,3,7-8,12H2,1-2H3,(H,27,33)(H,29,30)(H,31,32)(H2,25,26,28). The first-order valence-electron chi connectivity index (χ1n) is 10.1. The third-order valence-corrected chi connectivity index (χ3v) is 4.89. The summed E-state index contributed by atoms with van der Waals surface area (Å²) in [7, 11) is 1.64. The second kappa shape index (κ2) is 12.7. The van der Waals surface area contributed by atoms with Crippen molar-refractivity contribution in [1.29, 1.82) is 0 Å². The zero-order valence-electron chi connectivity index (χ0n) is 18.2. The minimum absolute atomic E-state index is 0.132. The van der Waals surface area contributed by atoms with Crippen LogP contribution < -0.4 is 21.3 Å². The molecular weight excluding hydrogens is 469 g/mol. The van der Waals surface area contributed by atoms with E-state index in [2.05, 4.69) is 26.3 Å². The number of amides is 2. The van der Waals surface area contributed by atoms with E-state index in [1.54, 1.807) is 37.4 Å². The zero-order valence-corrected chi connectivity index (χ0v) is 19.7. The molecule has 0 aliphatic heterocycles. The summed E-state index contributed by atoms with van der Waals surface area (Å²) in [5.41, 5.74) is 1.76. The number of carboxylic acid groups (broad SMARTS) is 1. The van der Waals surface area contributed by atoms with Crippen LogP contribution >= 0.6 is 23.2 Å². The largest absolute Gasteiger partial charge is 0.481 e. The van der Waals surface area contributed by atoms with E-state index in [0.29, 0.717) is 34.3 Å². The fourth-order valence-electron chi connectivity index (χ4n) is 2.87. The van der Waals surface area contributed by atoms with Crippen LogP contribution in [0.3, 0.4) is 0 Å². The molecule has 176 valence electrons. The molecule has 0 spiro atoms. The second-order valence-electron chi connectivity index (χ2n) is 6.85. The van der Waals surface area contributed by atoms with Crippen molar-refractivity contribution in [2.75, 3.05) is 30.8 Å². The van der Waals surface area contributed by atoms with Gasteiger partial charge in [0.1, 0.15) is 0 Å². The fourth-order valence-corrected chi connectivity index (χ4v) is 3.46. The number of aliphatic carboxylic acids is 1. The van der Waals surface area contributed by atoms with E-state index in [0.717, 1.165) is 0 Å². The number of carbonyl (C=O) groups is 3. The summed E-state index contributed by atoms with van der Waals surface area (Å²) in [6, 6.07) is 9.74. The molecule has 0 unspecified atom stereocenters. The molecule has 0 saturated carbocycles. The van der Waals surface area contributed by atoms with Gasteiger partial charge in [0.05, 0.1) is 17.3 Å². The molecule has 2 rings (SSSR count). The van der Waals surface area contributed by atoms with Crippen LogP contribution in [0.25, 0.3) is 0 Å². The van der Waals surface area contributed by atoms with Gasteiger partial charge in [-0.25, -0.2) is 0 Å². The lowest BCUT2D eigenvalue weighted by molar-refractivity contribution is -0.137. The maximum Gasteiger partial charge on any atom is 0.303 e. The molecule has 2 aromatic carbocycles. The minimum Gasteiger partial charge on any atom is -0.481 e. The highest BCUT2D eigenvalue weighted by molar-refractivity contribution is 6.37. The molecule has 33 heavy (non-hydrogen) atoms. The van der Waals surface area contributed by atoms with Crippen LogP contribution in [0.4, 0.5) is 11.4 Å². The van der Waals surface area contributed by atoms with Crippen molar-refractivity contribution < 1.29 is 19.5 Å². The molecule has 0 fully saturated rings. The Morgan fingerprint density at radius 1 is 1.06 bits per heavy atom. The molecule has 2 amide bonds. The highest BCUT2D eigenvalue weighted by atomic mass is 35.5. The molecule has 0 saturated heterocycles. The zero-order chi connectivity index (χ0) is 24.4. The van der Waals surface area contributed by atoms with Crippen molar-refractivity contribution in [2.45, 2.75) is 19.8 Å².